The summed E-state index contributed by atoms with van der Waals surface area (Å²) >= 11 is 0. The van der Waals surface area contributed by atoms with Crippen LogP contribution in [0, 0.1) is 11.3 Å². The molecule has 1 saturated heterocycles. The highest BCUT2D eigenvalue weighted by Crippen LogP contribution is 2.31. The first kappa shape index (κ1) is 14.9. The number of nitrogens with one attached hydrogen (secondary N) is 1. The van der Waals surface area contributed by atoms with Crippen molar-refractivity contribution in [2.75, 3.05) is 33.0 Å². The Balaban J connectivity index is 2.27. The molecule has 0 aliphatic carbocycles. The van der Waals surface area contributed by atoms with Crippen molar-refractivity contribution in [2.45, 2.75) is 46.6 Å². The Morgan fingerprint density at radius 1 is 1.29 bits per heavy atom. The number of rotatable bonds is 8. The molecule has 0 aromatic rings. The molecule has 3 heteroatoms. The molecular weight excluding hydrogens is 214 g/mol. The van der Waals surface area contributed by atoms with Crippen molar-refractivity contribution in [3.8, 4) is 0 Å². The van der Waals surface area contributed by atoms with E-state index in [1.165, 1.54) is 0 Å². The van der Waals surface area contributed by atoms with Crippen LogP contribution in [-0.2, 0) is 9.47 Å². The zero-order valence-electron chi connectivity index (χ0n) is 11.9. The molecule has 0 aromatic heterocycles. The van der Waals surface area contributed by atoms with Gasteiger partial charge in [0.1, 0.15) is 0 Å². The van der Waals surface area contributed by atoms with Crippen molar-refractivity contribution in [2.24, 2.45) is 11.3 Å². The summed E-state index contributed by atoms with van der Waals surface area (Å²) in [6.07, 6.45) is 2.27. The first-order valence-electron chi connectivity index (χ1n) is 6.93. The predicted molar refractivity (Wildman–Crippen MR) is 71.3 cm³/mol. The second-order valence-electron chi connectivity index (χ2n) is 6.06. The maximum atomic E-state index is 5.71. The molecular formula is C14H29NO2. The molecule has 1 atom stereocenters. The van der Waals surface area contributed by atoms with Crippen LogP contribution in [0.2, 0.25) is 0 Å². The van der Waals surface area contributed by atoms with Gasteiger partial charge in [0.05, 0.1) is 6.61 Å². The fourth-order valence-corrected chi connectivity index (χ4v) is 2.10. The van der Waals surface area contributed by atoms with Gasteiger partial charge >= 0.3 is 0 Å². The van der Waals surface area contributed by atoms with Gasteiger partial charge in [-0.2, -0.15) is 0 Å². The highest BCUT2D eigenvalue weighted by molar-refractivity contribution is 4.85. The minimum absolute atomic E-state index is 0.307. The van der Waals surface area contributed by atoms with Crippen molar-refractivity contribution in [3.63, 3.8) is 0 Å². The fourth-order valence-electron chi connectivity index (χ4n) is 2.10. The highest BCUT2D eigenvalue weighted by atomic mass is 16.5. The van der Waals surface area contributed by atoms with E-state index in [1.807, 2.05) is 0 Å². The Morgan fingerprint density at radius 2 is 2.06 bits per heavy atom. The van der Waals surface area contributed by atoms with Crippen molar-refractivity contribution in [1.82, 2.24) is 5.32 Å². The third-order valence-electron chi connectivity index (χ3n) is 3.30. The van der Waals surface area contributed by atoms with E-state index < -0.39 is 0 Å². The lowest BCUT2D eigenvalue weighted by Crippen LogP contribution is -2.39. The van der Waals surface area contributed by atoms with Crippen molar-refractivity contribution in [1.29, 1.82) is 0 Å². The molecule has 0 aromatic carbocycles. The molecule has 1 unspecified atom stereocenters. The molecule has 1 aliphatic heterocycles. The van der Waals surface area contributed by atoms with Gasteiger partial charge in [0.25, 0.3) is 0 Å². The van der Waals surface area contributed by atoms with Gasteiger partial charge in [0, 0.05) is 37.8 Å². The minimum Gasteiger partial charge on any atom is -0.381 e. The van der Waals surface area contributed by atoms with Crippen molar-refractivity contribution < 1.29 is 9.47 Å². The van der Waals surface area contributed by atoms with Crippen LogP contribution in [0.15, 0.2) is 0 Å². The zero-order valence-corrected chi connectivity index (χ0v) is 11.9. The van der Waals surface area contributed by atoms with Crippen LogP contribution in [-0.4, -0.2) is 39.0 Å². The smallest absolute Gasteiger partial charge is 0.0536 e. The third kappa shape index (κ3) is 5.84. The summed E-state index contributed by atoms with van der Waals surface area (Å²) in [5.74, 6) is 0.625. The maximum Gasteiger partial charge on any atom is 0.0536 e. The van der Waals surface area contributed by atoms with Crippen LogP contribution < -0.4 is 5.32 Å². The molecule has 102 valence electrons. The number of hydrogen-bond acceptors (Lipinski definition) is 3. The summed E-state index contributed by atoms with van der Waals surface area (Å²) in [4.78, 5) is 0. The summed E-state index contributed by atoms with van der Waals surface area (Å²) in [5.41, 5.74) is 0.307. The van der Waals surface area contributed by atoms with E-state index in [0.29, 0.717) is 17.4 Å². The van der Waals surface area contributed by atoms with Gasteiger partial charge in [-0.15, -0.1) is 0 Å². The second-order valence-corrected chi connectivity index (χ2v) is 6.06. The van der Waals surface area contributed by atoms with Gasteiger partial charge in [-0.05, 0) is 18.8 Å². The SMILES string of the molecule is CC(C)COCCC1(CNC(C)C)CCOC1. The summed E-state index contributed by atoms with van der Waals surface area (Å²) in [5, 5.41) is 3.54. The molecule has 0 saturated carbocycles. The van der Waals surface area contributed by atoms with E-state index in [9.17, 15) is 0 Å². The van der Waals surface area contributed by atoms with Gasteiger partial charge in [-0.25, -0.2) is 0 Å². The molecule has 1 fully saturated rings. The lowest BCUT2D eigenvalue weighted by Gasteiger charge is -2.29. The Kier molecular flexibility index (Phi) is 6.45. The summed E-state index contributed by atoms with van der Waals surface area (Å²) in [6, 6.07) is 0.545. The predicted octanol–water partition coefficient (Wildman–Crippen LogP) is 2.45. The van der Waals surface area contributed by atoms with Crippen LogP contribution in [0.5, 0.6) is 0 Å². The monoisotopic (exact) mass is 243 g/mol. The first-order chi connectivity index (χ1) is 8.04. The second kappa shape index (κ2) is 7.34. The molecule has 1 rings (SSSR count). The van der Waals surface area contributed by atoms with Gasteiger partial charge in [-0.1, -0.05) is 27.7 Å². The van der Waals surface area contributed by atoms with E-state index >= 15 is 0 Å². The molecule has 17 heavy (non-hydrogen) atoms. The van der Waals surface area contributed by atoms with Gasteiger partial charge in [0.15, 0.2) is 0 Å². The van der Waals surface area contributed by atoms with Gasteiger partial charge in [-0.3, -0.25) is 0 Å². The molecule has 1 N–H and O–H groups in total. The van der Waals surface area contributed by atoms with Crippen LogP contribution in [0.3, 0.4) is 0 Å². The molecule has 0 radical (unpaired) electrons. The van der Waals surface area contributed by atoms with Crippen molar-refractivity contribution in [3.05, 3.63) is 0 Å². The molecule has 3 nitrogen and oxygen atoms in total. The van der Waals surface area contributed by atoms with Gasteiger partial charge in [0.2, 0.25) is 0 Å². The van der Waals surface area contributed by atoms with E-state index in [-0.39, 0.29) is 0 Å². The van der Waals surface area contributed by atoms with Crippen molar-refractivity contribution >= 4 is 0 Å². The molecule has 1 heterocycles. The average molecular weight is 243 g/mol. The molecule has 1 aliphatic rings. The normalized spacial score (nSPS) is 25.1. The Hall–Kier alpha value is -0.120. The fraction of sp³-hybridized carbons (Fsp3) is 1.00. The van der Waals surface area contributed by atoms with Crippen LogP contribution >= 0.6 is 0 Å². The molecule has 0 bridgehead atoms. The molecule has 0 spiro atoms. The largest absolute Gasteiger partial charge is 0.381 e. The Labute approximate surface area is 106 Å². The summed E-state index contributed by atoms with van der Waals surface area (Å²) in [7, 11) is 0. The van der Waals surface area contributed by atoms with Gasteiger partial charge < -0.3 is 14.8 Å². The van der Waals surface area contributed by atoms with E-state index in [0.717, 1.165) is 45.8 Å². The highest BCUT2D eigenvalue weighted by Gasteiger charge is 2.34. The zero-order chi connectivity index (χ0) is 12.7. The number of hydrogen-bond donors (Lipinski definition) is 1. The quantitative estimate of drug-likeness (QED) is 0.664. The minimum atomic E-state index is 0.307. The van der Waals surface area contributed by atoms with E-state index in [2.05, 4.69) is 33.0 Å². The van der Waals surface area contributed by atoms with E-state index in [1.54, 1.807) is 0 Å². The first-order valence-corrected chi connectivity index (χ1v) is 6.93. The van der Waals surface area contributed by atoms with Crippen LogP contribution in [0.1, 0.15) is 40.5 Å². The molecule has 0 amide bonds. The topological polar surface area (TPSA) is 30.5 Å². The average Bonchev–Trinajstić information content (AvgIpc) is 2.71. The Bertz CT molecular complexity index is 198. The van der Waals surface area contributed by atoms with Crippen LogP contribution in [0.25, 0.3) is 0 Å². The lowest BCUT2D eigenvalue weighted by atomic mass is 9.84. The maximum absolute atomic E-state index is 5.71. The summed E-state index contributed by atoms with van der Waals surface area (Å²) in [6.45, 7) is 13.3. The standard InChI is InChI=1S/C14H29NO2/c1-12(2)9-16-7-5-14(6-8-17-11-14)10-15-13(3)4/h12-13,15H,5-11H2,1-4H3. The van der Waals surface area contributed by atoms with E-state index in [4.69, 9.17) is 9.47 Å². The lowest BCUT2D eigenvalue weighted by molar-refractivity contribution is 0.0667. The van der Waals surface area contributed by atoms with Crippen LogP contribution in [0.4, 0.5) is 0 Å². The summed E-state index contributed by atoms with van der Waals surface area (Å²) < 4.78 is 11.3. The number of ether oxygens (including phenoxy) is 2. The Morgan fingerprint density at radius 3 is 2.59 bits per heavy atom. The third-order valence-corrected chi connectivity index (χ3v) is 3.30.